The number of hydrogen-bond donors (Lipinski definition) is 1. The maximum atomic E-state index is 5.86. The summed E-state index contributed by atoms with van der Waals surface area (Å²) in [4.78, 5) is 2.41. The van der Waals surface area contributed by atoms with Gasteiger partial charge in [0.05, 0.1) is 0 Å². The van der Waals surface area contributed by atoms with Gasteiger partial charge < -0.3 is 10.6 Å². The van der Waals surface area contributed by atoms with Gasteiger partial charge in [-0.2, -0.15) is 0 Å². The van der Waals surface area contributed by atoms with E-state index in [0.717, 1.165) is 18.8 Å². The Bertz CT molecular complexity index is 602. The van der Waals surface area contributed by atoms with Gasteiger partial charge in [-0.3, -0.25) is 0 Å². The molecule has 1 aliphatic rings. The largest absolute Gasteiger partial charge is 0.399 e. The van der Waals surface area contributed by atoms with Gasteiger partial charge in [-0.25, -0.2) is 0 Å². The Labute approximate surface area is 114 Å². The summed E-state index contributed by atoms with van der Waals surface area (Å²) in [6.45, 7) is 6.41. The Kier molecular flexibility index (Phi) is 2.94. The highest BCUT2D eigenvalue weighted by Gasteiger charge is 2.19. The second-order valence-electron chi connectivity index (χ2n) is 5.63. The molecule has 0 spiro atoms. The molecule has 0 aliphatic carbocycles. The SMILES string of the molecule is CC(C)c1cccc(N2Cc3ccc(N)cc3C2)c1. The number of hydrogen-bond acceptors (Lipinski definition) is 2. The van der Waals surface area contributed by atoms with Crippen LogP contribution in [0.3, 0.4) is 0 Å². The molecule has 0 fully saturated rings. The summed E-state index contributed by atoms with van der Waals surface area (Å²) in [5.74, 6) is 0.570. The third kappa shape index (κ3) is 2.30. The molecule has 0 atom stereocenters. The average Bonchev–Trinajstić information content (AvgIpc) is 2.81. The van der Waals surface area contributed by atoms with Crippen LogP contribution >= 0.6 is 0 Å². The van der Waals surface area contributed by atoms with Gasteiger partial charge in [-0.15, -0.1) is 0 Å². The second-order valence-corrected chi connectivity index (χ2v) is 5.63. The highest BCUT2D eigenvalue weighted by Crippen LogP contribution is 2.30. The summed E-state index contributed by atoms with van der Waals surface area (Å²) in [7, 11) is 0. The van der Waals surface area contributed by atoms with Crippen molar-refractivity contribution in [3.05, 3.63) is 59.2 Å². The van der Waals surface area contributed by atoms with E-state index in [2.05, 4.69) is 55.1 Å². The van der Waals surface area contributed by atoms with Crippen molar-refractivity contribution in [3.8, 4) is 0 Å². The van der Waals surface area contributed by atoms with E-state index in [9.17, 15) is 0 Å². The number of nitrogens with two attached hydrogens (primary N) is 1. The number of nitrogens with zero attached hydrogens (tertiary/aromatic N) is 1. The van der Waals surface area contributed by atoms with Crippen LogP contribution in [0.1, 0.15) is 36.5 Å². The molecule has 0 amide bonds. The summed E-state index contributed by atoms with van der Waals surface area (Å²) >= 11 is 0. The Balaban J connectivity index is 1.88. The standard InChI is InChI=1S/C17H20N2/c1-12(2)13-4-3-5-17(9-13)19-10-14-6-7-16(18)8-15(14)11-19/h3-9,12H,10-11,18H2,1-2H3. The van der Waals surface area contributed by atoms with Gasteiger partial charge in [-0.05, 0) is 46.9 Å². The molecule has 3 rings (SSSR count). The van der Waals surface area contributed by atoms with Crippen LogP contribution in [0, 0.1) is 0 Å². The lowest BCUT2D eigenvalue weighted by molar-refractivity contribution is 0.849. The van der Waals surface area contributed by atoms with Gasteiger partial charge in [0.25, 0.3) is 0 Å². The monoisotopic (exact) mass is 252 g/mol. The first kappa shape index (κ1) is 12.1. The lowest BCUT2D eigenvalue weighted by Gasteiger charge is -2.19. The average molecular weight is 252 g/mol. The van der Waals surface area contributed by atoms with Crippen LogP contribution in [0.4, 0.5) is 11.4 Å². The van der Waals surface area contributed by atoms with Crippen LogP contribution < -0.4 is 10.6 Å². The first-order valence-corrected chi connectivity index (χ1v) is 6.85. The molecule has 19 heavy (non-hydrogen) atoms. The van der Waals surface area contributed by atoms with E-state index in [1.165, 1.54) is 22.4 Å². The molecule has 0 radical (unpaired) electrons. The molecule has 0 aromatic heterocycles. The third-order valence-corrected chi connectivity index (χ3v) is 3.85. The van der Waals surface area contributed by atoms with Gasteiger partial charge in [0.2, 0.25) is 0 Å². The number of fused-ring (bicyclic) bond motifs is 1. The van der Waals surface area contributed by atoms with Crippen LogP contribution in [0.25, 0.3) is 0 Å². The molecule has 2 aromatic rings. The molecule has 0 bridgehead atoms. The Hall–Kier alpha value is -1.96. The van der Waals surface area contributed by atoms with E-state index in [1.54, 1.807) is 0 Å². The fourth-order valence-corrected chi connectivity index (χ4v) is 2.68. The maximum absolute atomic E-state index is 5.86. The van der Waals surface area contributed by atoms with Gasteiger partial charge in [0, 0.05) is 24.5 Å². The summed E-state index contributed by atoms with van der Waals surface area (Å²) in [6, 6.07) is 15.1. The highest BCUT2D eigenvalue weighted by molar-refractivity contribution is 5.56. The van der Waals surface area contributed by atoms with Crippen molar-refractivity contribution in [3.63, 3.8) is 0 Å². The Morgan fingerprint density at radius 2 is 1.79 bits per heavy atom. The van der Waals surface area contributed by atoms with E-state index in [1.807, 2.05) is 6.07 Å². The summed E-state index contributed by atoms with van der Waals surface area (Å²) in [5.41, 5.74) is 12.2. The van der Waals surface area contributed by atoms with Gasteiger partial charge in [-0.1, -0.05) is 32.0 Å². The van der Waals surface area contributed by atoms with Gasteiger partial charge in [0.1, 0.15) is 0 Å². The minimum absolute atomic E-state index is 0.570. The minimum Gasteiger partial charge on any atom is -0.399 e. The van der Waals surface area contributed by atoms with Crippen molar-refractivity contribution in [2.75, 3.05) is 10.6 Å². The zero-order valence-electron chi connectivity index (χ0n) is 11.6. The van der Waals surface area contributed by atoms with Crippen molar-refractivity contribution in [2.45, 2.75) is 32.9 Å². The predicted octanol–water partition coefficient (Wildman–Crippen LogP) is 3.91. The van der Waals surface area contributed by atoms with Gasteiger partial charge >= 0.3 is 0 Å². The van der Waals surface area contributed by atoms with Crippen molar-refractivity contribution in [2.24, 2.45) is 0 Å². The zero-order chi connectivity index (χ0) is 13.4. The topological polar surface area (TPSA) is 29.3 Å². The molecule has 1 heterocycles. The van der Waals surface area contributed by atoms with E-state index in [4.69, 9.17) is 5.73 Å². The van der Waals surface area contributed by atoms with Crippen LogP contribution in [0.15, 0.2) is 42.5 Å². The van der Waals surface area contributed by atoms with E-state index in [-0.39, 0.29) is 0 Å². The molecule has 2 heteroatoms. The predicted molar refractivity (Wildman–Crippen MR) is 81.3 cm³/mol. The van der Waals surface area contributed by atoms with Crippen molar-refractivity contribution >= 4 is 11.4 Å². The van der Waals surface area contributed by atoms with Crippen LogP contribution in [-0.2, 0) is 13.1 Å². The second kappa shape index (κ2) is 4.61. The van der Waals surface area contributed by atoms with Crippen LogP contribution in [0.5, 0.6) is 0 Å². The smallest absolute Gasteiger partial charge is 0.0437 e. The molecule has 0 unspecified atom stereocenters. The molecule has 2 N–H and O–H groups in total. The molecular weight excluding hydrogens is 232 g/mol. The highest BCUT2D eigenvalue weighted by atomic mass is 15.1. The summed E-state index contributed by atoms with van der Waals surface area (Å²) in [6.07, 6.45) is 0. The fourth-order valence-electron chi connectivity index (χ4n) is 2.68. The number of benzene rings is 2. The minimum atomic E-state index is 0.570. The van der Waals surface area contributed by atoms with Crippen molar-refractivity contribution in [1.29, 1.82) is 0 Å². The molecule has 2 nitrogen and oxygen atoms in total. The molecule has 0 saturated carbocycles. The van der Waals surface area contributed by atoms with Crippen LogP contribution in [0.2, 0.25) is 0 Å². The molecule has 1 aliphatic heterocycles. The van der Waals surface area contributed by atoms with E-state index in [0.29, 0.717) is 5.92 Å². The lowest BCUT2D eigenvalue weighted by Crippen LogP contribution is -2.14. The molecule has 0 saturated heterocycles. The van der Waals surface area contributed by atoms with E-state index < -0.39 is 0 Å². The fraction of sp³-hybridized carbons (Fsp3) is 0.294. The quantitative estimate of drug-likeness (QED) is 0.821. The normalized spacial score (nSPS) is 13.9. The van der Waals surface area contributed by atoms with E-state index >= 15 is 0 Å². The zero-order valence-corrected chi connectivity index (χ0v) is 11.6. The molecular formula is C17H20N2. The molecule has 98 valence electrons. The molecule has 2 aromatic carbocycles. The number of rotatable bonds is 2. The lowest BCUT2D eigenvalue weighted by atomic mass is 10.0. The number of anilines is 2. The summed E-state index contributed by atoms with van der Waals surface area (Å²) < 4.78 is 0. The Morgan fingerprint density at radius 1 is 1.00 bits per heavy atom. The van der Waals surface area contributed by atoms with Gasteiger partial charge in [0.15, 0.2) is 0 Å². The Morgan fingerprint density at radius 3 is 2.58 bits per heavy atom. The summed E-state index contributed by atoms with van der Waals surface area (Å²) in [5, 5.41) is 0. The van der Waals surface area contributed by atoms with Crippen molar-refractivity contribution < 1.29 is 0 Å². The maximum Gasteiger partial charge on any atom is 0.0437 e. The first-order valence-electron chi connectivity index (χ1n) is 6.85. The third-order valence-electron chi connectivity index (χ3n) is 3.85. The number of nitrogen functional groups attached to an aromatic ring is 1. The van der Waals surface area contributed by atoms with Crippen LogP contribution in [-0.4, -0.2) is 0 Å². The first-order chi connectivity index (χ1) is 9.13. The van der Waals surface area contributed by atoms with Crippen molar-refractivity contribution in [1.82, 2.24) is 0 Å².